The van der Waals surface area contributed by atoms with E-state index in [9.17, 15) is 9.18 Å². The molecule has 0 bridgehead atoms. The molecule has 0 aliphatic carbocycles. The molecule has 28 heavy (non-hydrogen) atoms. The van der Waals surface area contributed by atoms with Gasteiger partial charge in [-0.05, 0) is 44.4 Å². The molecule has 0 spiro atoms. The van der Waals surface area contributed by atoms with Crippen molar-refractivity contribution in [3.63, 3.8) is 0 Å². The fourth-order valence-electron chi connectivity index (χ4n) is 4.45. The monoisotopic (exact) mass is 385 g/mol. The molecule has 1 aromatic heterocycles. The van der Waals surface area contributed by atoms with E-state index in [-0.39, 0.29) is 11.7 Å². The van der Waals surface area contributed by atoms with Crippen molar-refractivity contribution in [2.24, 2.45) is 0 Å². The Morgan fingerprint density at radius 3 is 2.32 bits per heavy atom. The SMILES string of the molecule is Cc1c(N2CCOCC2)c(C)n(Cc2ccc(F)cc2)c1C(=O)N1CCCC1. The van der Waals surface area contributed by atoms with Crippen LogP contribution in [0.2, 0.25) is 0 Å². The molecule has 1 amide bonds. The zero-order valence-electron chi connectivity index (χ0n) is 16.7. The van der Waals surface area contributed by atoms with E-state index in [1.165, 1.54) is 12.1 Å². The molecule has 1 aromatic carbocycles. The molecule has 6 heteroatoms. The Morgan fingerprint density at radius 2 is 1.68 bits per heavy atom. The predicted molar refractivity (Wildman–Crippen MR) is 108 cm³/mol. The molecular weight excluding hydrogens is 357 g/mol. The van der Waals surface area contributed by atoms with Gasteiger partial charge in [0.1, 0.15) is 11.5 Å². The van der Waals surface area contributed by atoms with Gasteiger partial charge in [0, 0.05) is 44.0 Å². The maximum atomic E-state index is 13.4. The number of benzene rings is 1. The summed E-state index contributed by atoms with van der Waals surface area (Å²) in [5.41, 5.74) is 5.03. The number of anilines is 1. The molecule has 0 N–H and O–H groups in total. The summed E-state index contributed by atoms with van der Waals surface area (Å²) in [4.78, 5) is 17.7. The van der Waals surface area contributed by atoms with Crippen LogP contribution in [0.5, 0.6) is 0 Å². The molecule has 0 unspecified atom stereocenters. The number of nitrogens with zero attached hydrogens (tertiary/aromatic N) is 3. The molecule has 150 valence electrons. The Morgan fingerprint density at radius 1 is 1.04 bits per heavy atom. The molecule has 5 nitrogen and oxygen atoms in total. The lowest BCUT2D eigenvalue weighted by Crippen LogP contribution is -2.36. The summed E-state index contributed by atoms with van der Waals surface area (Å²) in [6.45, 7) is 9.43. The van der Waals surface area contributed by atoms with Gasteiger partial charge in [-0.15, -0.1) is 0 Å². The Bertz CT molecular complexity index is 848. The Labute approximate surface area is 165 Å². The fraction of sp³-hybridized carbons (Fsp3) is 0.500. The fourth-order valence-corrected chi connectivity index (χ4v) is 4.45. The van der Waals surface area contributed by atoms with Crippen LogP contribution in [0.25, 0.3) is 0 Å². The lowest BCUT2D eigenvalue weighted by molar-refractivity contribution is 0.0781. The zero-order valence-corrected chi connectivity index (χ0v) is 16.7. The zero-order chi connectivity index (χ0) is 19.7. The standard InChI is InChI=1S/C22H28FN3O2/c1-16-20(24-11-13-28-14-12-24)17(2)26(15-18-5-7-19(23)8-6-18)21(16)22(27)25-9-3-4-10-25/h5-8H,3-4,9-15H2,1-2H3. The van der Waals surface area contributed by atoms with Crippen molar-refractivity contribution in [1.29, 1.82) is 0 Å². The summed E-state index contributed by atoms with van der Waals surface area (Å²) in [6.07, 6.45) is 2.14. The number of halogens is 1. The minimum atomic E-state index is -0.244. The first-order valence-corrected chi connectivity index (χ1v) is 10.1. The number of hydrogen-bond donors (Lipinski definition) is 0. The van der Waals surface area contributed by atoms with Crippen molar-refractivity contribution >= 4 is 11.6 Å². The molecule has 0 saturated carbocycles. The van der Waals surface area contributed by atoms with E-state index in [4.69, 9.17) is 4.74 Å². The second-order valence-electron chi connectivity index (χ2n) is 7.72. The molecule has 3 heterocycles. The Hall–Kier alpha value is -2.34. The smallest absolute Gasteiger partial charge is 0.270 e. The van der Waals surface area contributed by atoms with Crippen LogP contribution in [0.3, 0.4) is 0 Å². The third-order valence-electron chi connectivity index (χ3n) is 5.91. The van der Waals surface area contributed by atoms with Crippen LogP contribution in [0.15, 0.2) is 24.3 Å². The maximum absolute atomic E-state index is 13.4. The number of hydrogen-bond acceptors (Lipinski definition) is 3. The number of aromatic nitrogens is 1. The van der Waals surface area contributed by atoms with Gasteiger partial charge >= 0.3 is 0 Å². The lowest BCUT2D eigenvalue weighted by atomic mass is 10.1. The predicted octanol–water partition coefficient (Wildman–Crippen LogP) is 3.36. The van der Waals surface area contributed by atoms with E-state index < -0.39 is 0 Å². The highest BCUT2D eigenvalue weighted by atomic mass is 19.1. The van der Waals surface area contributed by atoms with Gasteiger partial charge in [0.05, 0.1) is 18.9 Å². The van der Waals surface area contributed by atoms with Gasteiger partial charge in [0.15, 0.2) is 0 Å². The van der Waals surface area contributed by atoms with E-state index in [0.717, 1.165) is 67.2 Å². The molecular formula is C22H28FN3O2. The van der Waals surface area contributed by atoms with E-state index in [1.54, 1.807) is 12.1 Å². The Kier molecular flexibility index (Phi) is 5.40. The van der Waals surface area contributed by atoms with Gasteiger partial charge in [-0.2, -0.15) is 0 Å². The molecule has 2 fully saturated rings. The van der Waals surface area contributed by atoms with Crippen molar-refractivity contribution < 1.29 is 13.9 Å². The lowest BCUT2D eigenvalue weighted by Gasteiger charge is -2.29. The van der Waals surface area contributed by atoms with Crippen LogP contribution in [-0.4, -0.2) is 54.8 Å². The molecule has 2 aliphatic heterocycles. The maximum Gasteiger partial charge on any atom is 0.270 e. The number of rotatable bonds is 4. The molecule has 4 rings (SSSR count). The second-order valence-corrected chi connectivity index (χ2v) is 7.72. The minimum Gasteiger partial charge on any atom is -0.378 e. The average molecular weight is 385 g/mol. The number of amides is 1. The highest BCUT2D eigenvalue weighted by Gasteiger charge is 2.30. The second kappa shape index (κ2) is 7.95. The Balaban J connectivity index is 1.76. The quantitative estimate of drug-likeness (QED) is 0.810. The van der Waals surface area contributed by atoms with E-state index >= 15 is 0 Å². The average Bonchev–Trinajstić information content (AvgIpc) is 3.32. The number of likely N-dealkylation sites (tertiary alicyclic amines) is 1. The summed E-state index contributed by atoms with van der Waals surface area (Å²) in [6, 6.07) is 6.54. The van der Waals surface area contributed by atoms with Gasteiger partial charge < -0.3 is 19.1 Å². The van der Waals surface area contributed by atoms with Crippen molar-refractivity contribution in [2.75, 3.05) is 44.3 Å². The van der Waals surface area contributed by atoms with Crippen LogP contribution >= 0.6 is 0 Å². The van der Waals surface area contributed by atoms with Crippen molar-refractivity contribution in [2.45, 2.75) is 33.2 Å². The van der Waals surface area contributed by atoms with Crippen LogP contribution in [0.4, 0.5) is 10.1 Å². The topological polar surface area (TPSA) is 37.7 Å². The molecule has 0 radical (unpaired) electrons. The van der Waals surface area contributed by atoms with E-state index in [2.05, 4.69) is 23.3 Å². The number of morpholine rings is 1. The minimum absolute atomic E-state index is 0.111. The van der Waals surface area contributed by atoms with Gasteiger partial charge in [-0.25, -0.2) is 4.39 Å². The summed E-state index contributed by atoms with van der Waals surface area (Å²) in [7, 11) is 0. The number of carbonyl (C=O) groups excluding carboxylic acids is 1. The molecule has 2 aliphatic rings. The normalized spacial score (nSPS) is 17.4. The van der Waals surface area contributed by atoms with Crippen LogP contribution in [0.1, 0.15) is 40.2 Å². The van der Waals surface area contributed by atoms with Crippen LogP contribution in [0, 0.1) is 19.7 Å². The van der Waals surface area contributed by atoms with Crippen molar-refractivity contribution in [3.8, 4) is 0 Å². The van der Waals surface area contributed by atoms with Gasteiger partial charge in [-0.1, -0.05) is 12.1 Å². The van der Waals surface area contributed by atoms with Crippen LogP contribution in [-0.2, 0) is 11.3 Å². The van der Waals surface area contributed by atoms with Crippen molar-refractivity contribution in [1.82, 2.24) is 9.47 Å². The van der Waals surface area contributed by atoms with Gasteiger partial charge in [0.2, 0.25) is 0 Å². The summed E-state index contributed by atoms with van der Waals surface area (Å²) in [5, 5.41) is 0. The first-order valence-electron chi connectivity index (χ1n) is 10.1. The first kappa shape index (κ1) is 19.0. The summed E-state index contributed by atoms with van der Waals surface area (Å²) >= 11 is 0. The number of carbonyl (C=O) groups is 1. The third-order valence-corrected chi connectivity index (χ3v) is 5.91. The van der Waals surface area contributed by atoms with E-state index in [1.807, 2.05) is 4.90 Å². The van der Waals surface area contributed by atoms with Gasteiger partial charge in [0.25, 0.3) is 5.91 Å². The van der Waals surface area contributed by atoms with Crippen molar-refractivity contribution in [3.05, 3.63) is 52.6 Å². The summed E-state index contributed by atoms with van der Waals surface area (Å²) < 4.78 is 21.0. The highest BCUT2D eigenvalue weighted by Crippen LogP contribution is 2.33. The first-order chi connectivity index (χ1) is 13.6. The van der Waals surface area contributed by atoms with Gasteiger partial charge in [-0.3, -0.25) is 4.79 Å². The third kappa shape index (κ3) is 3.53. The number of ether oxygens (including phenoxy) is 1. The summed E-state index contributed by atoms with van der Waals surface area (Å²) in [5.74, 6) is -0.133. The molecule has 0 atom stereocenters. The van der Waals surface area contributed by atoms with Crippen LogP contribution < -0.4 is 4.90 Å². The highest BCUT2D eigenvalue weighted by molar-refractivity contribution is 5.97. The molecule has 2 saturated heterocycles. The van der Waals surface area contributed by atoms with E-state index in [0.29, 0.717) is 19.8 Å². The largest absolute Gasteiger partial charge is 0.378 e. The molecule has 2 aromatic rings.